The molecule has 1 fully saturated rings. The minimum Gasteiger partial charge on any atom is -0.378 e. The highest BCUT2D eigenvalue weighted by Crippen LogP contribution is 2.11. The van der Waals surface area contributed by atoms with Crippen molar-refractivity contribution < 1.29 is 14.3 Å². The summed E-state index contributed by atoms with van der Waals surface area (Å²) in [5, 5.41) is 2.71. The molecule has 3 N–H and O–H groups in total. The van der Waals surface area contributed by atoms with Crippen LogP contribution in [0.25, 0.3) is 0 Å². The second-order valence-corrected chi connectivity index (χ2v) is 5.14. The third-order valence-electron chi connectivity index (χ3n) is 3.35. The highest BCUT2D eigenvalue weighted by Gasteiger charge is 2.17. The van der Waals surface area contributed by atoms with Gasteiger partial charge in [-0.2, -0.15) is 0 Å². The molecule has 0 aromatic heterocycles. The standard InChI is InChI=1S/C15H21N3O3/c1-11(16)15(20)17-13-4-2-12(3-5-13)10-14(19)18-6-8-21-9-7-18/h2-5,11H,6-10,16H2,1H3,(H,17,20)/t11-/m1/s1. The van der Waals surface area contributed by atoms with Gasteiger partial charge in [0.15, 0.2) is 0 Å². The molecule has 2 amide bonds. The van der Waals surface area contributed by atoms with Gasteiger partial charge in [-0.3, -0.25) is 9.59 Å². The van der Waals surface area contributed by atoms with Crippen LogP contribution in [0.4, 0.5) is 5.69 Å². The fraction of sp³-hybridized carbons (Fsp3) is 0.467. The molecule has 0 spiro atoms. The number of amides is 2. The zero-order valence-corrected chi connectivity index (χ0v) is 12.2. The van der Waals surface area contributed by atoms with E-state index in [2.05, 4.69) is 5.32 Å². The number of carbonyl (C=O) groups excluding carboxylic acids is 2. The molecule has 1 aliphatic heterocycles. The van der Waals surface area contributed by atoms with Crippen molar-refractivity contribution >= 4 is 17.5 Å². The van der Waals surface area contributed by atoms with Crippen molar-refractivity contribution in [3.8, 4) is 0 Å². The molecular formula is C15H21N3O3. The van der Waals surface area contributed by atoms with Crippen LogP contribution < -0.4 is 11.1 Å². The Hall–Kier alpha value is -1.92. The number of ether oxygens (including phenoxy) is 1. The molecule has 0 radical (unpaired) electrons. The Morgan fingerprint density at radius 1 is 1.29 bits per heavy atom. The van der Waals surface area contributed by atoms with E-state index in [0.29, 0.717) is 38.4 Å². The lowest BCUT2D eigenvalue weighted by atomic mass is 10.1. The van der Waals surface area contributed by atoms with Crippen molar-refractivity contribution in [2.45, 2.75) is 19.4 Å². The molecule has 1 aliphatic rings. The summed E-state index contributed by atoms with van der Waals surface area (Å²) in [5.41, 5.74) is 7.09. The van der Waals surface area contributed by atoms with Crippen LogP contribution in [0.15, 0.2) is 24.3 Å². The summed E-state index contributed by atoms with van der Waals surface area (Å²) in [7, 11) is 0. The third-order valence-corrected chi connectivity index (χ3v) is 3.35. The van der Waals surface area contributed by atoms with E-state index in [9.17, 15) is 9.59 Å². The van der Waals surface area contributed by atoms with E-state index in [1.54, 1.807) is 19.1 Å². The smallest absolute Gasteiger partial charge is 0.240 e. The van der Waals surface area contributed by atoms with Crippen LogP contribution in [0.1, 0.15) is 12.5 Å². The van der Waals surface area contributed by atoms with Crippen molar-refractivity contribution in [2.75, 3.05) is 31.6 Å². The van der Waals surface area contributed by atoms with Gasteiger partial charge in [-0.25, -0.2) is 0 Å². The van der Waals surface area contributed by atoms with Gasteiger partial charge in [0.1, 0.15) is 0 Å². The van der Waals surface area contributed by atoms with E-state index in [0.717, 1.165) is 5.56 Å². The molecule has 6 heteroatoms. The molecule has 1 aromatic carbocycles. The summed E-state index contributed by atoms with van der Waals surface area (Å²) in [6.07, 6.45) is 0.363. The van der Waals surface area contributed by atoms with E-state index >= 15 is 0 Å². The Morgan fingerprint density at radius 2 is 1.90 bits per heavy atom. The number of anilines is 1. The zero-order valence-electron chi connectivity index (χ0n) is 12.2. The lowest BCUT2D eigenvalue weighted by molar-refractivity contribution is -0.134. The van der Waals surface area contributed by atoms with Gasteiger partial charge in [0.05, 0.1) is 25.7 Å². The Balaban J connectivity index is 1.89. The Labute approximate surface area is 124 Å². The molecule has 0 bridgehead atoms. The number of morpholine rings is 1. The number of carbonyl (C=O) groups is 2. The van der Waals surface area contributed by atoms with Crippen molar-refractivity contribution in [3.63, 3.8) is 0 Å². The first kappa shape index (κ1) is 15.5. The van der Waals surface area contributed by atoms with Crippen LogP contribution in [0.2, 0.25) is 0 Å². The van der Waals surface area contributed by atoms with E-state index in [1.807, 2.05) is 17.0 Å². The first-order chi connectivity index (χ1) is 10.1. The predicted octanol–water partition coefficient (Wildman–Crippen LogP) is 0.374. The summed E-state index contributed by atoms with van der Waals surface area (Å²) >= 11 is 0. The molecule has 2 rings (SSSR count). The molecule has 0 saturated carbocycles. The lowest BCUT2D eigenvalue weighted by Gasteiger charge is -2.26. The van der Waals surface area contributed by atoms with Crippen molar-refractivity contribution in [1.82, 2.24) is 4.90 Å². The molecule has 114 valence electrons. The molecule has 1 saturated heterocycles. The summed E-state index contributed by atoms with van der Waals surface area (Å²) < 4.78 is 5.23. The maximum absolute atomic E-state index is 12.1. The number of nitrogens with two attached hydrogens (primary N) is 1. The van der Waals surface area contributed by atoms with Crippen LogP contribution in [0.3, 0.4) is 0 Å². The summed E-state index contributed by atoms with van der Waals surface area (Å²) in [6, 6.07) is 6.70. The van der Waals surface area contributed by atoms with E-state index in [4.69, 9.17) is 10.5 Å². The second kappa shape index (κ2) is 7.19. The lowest BCUT2D eigenvalue weighted by Crippen LogP contribution is -2.41. The first-order valence-corrected chi connectivity index (χ1v) is 7.07. The van der Waals surface area contributed by atoms with E-state index in [-0.39, 0.29) is 11.8 Å². The molecule has 0 unspecified atom stereocenters. The highest BCUT2D eigenvalue weighted by atomic mass is 16.5. The number of rotatable bonds is 4. The fourth-order valence-electron chi connectivity index (χ4n) is 2.06. The van der Waals surface area contributed by atoms with Gasteiger partial charge in [0.2, 0.25) is 11.8 Å². The summed E-state index contributed by atoms with van der Waals surface area (Å²) in [6.45, 7) is 4.15. The van der Waals surface area contributed by atoms with Crippen molar-refractivity contribution in [3.05, 3.63) is 29.8 Å². The van der Waals surface area contributed by atoms with Gasteiger partial charge in [0.25, 0.3) is 0 Å². The largest absolute Gasteiger partial charge is 0.378 e. The molecule has 6 nitrogen and oxygen atoms in total. The average Bonchev–Trinajstić information content (AvgIpc) is 2.50. The zero-order chi connectivity index (χ0) is 15.2. The molecule has 1 aromatic rings. The van der Waals surface area contributed by atoms with E-state index in [1.165, 1.54) is 0 Å². The molecule has 21 heavy (non-hydrogen) atoms. The van der Waals surface area contributed by atoms with Crippen molar-refractivity contribution in [2.24, 2.45) is 5.73 Å². The molecule has 0 aliphatic carbocycles. The van der Waals surface area contributed by atoms with Crippen LogP contribution in [0, 0.1) is 0 Å². The Kier molecular flexibility index (Phi) is 5.30. The molecular weight excluding hydrogens is 270 g/mol. The van der Waals surface area contributed by atoms with Gasteiger partial charge in [0, 0.05) is 18.8 Å². The average molecular weight is 291 g/mol. The number of nitrogens with one attached hydrogen (secondary N) is 1. The van der Waals surface area contributed by atoms with Crippen LogP contribution in [-0.4, -0.2) is 49.1 Å². The van der Waals surface area contributed by atoms with Gasteiger partial charge in [-0.05, 0) is 24.6 Å². The van der Waals surface area contributed by atoms with Gasteiger partial charge >= 0.3 is 0 Å². The fourth-order valence-corrected chi connectivity index (χ4v) is 2.06. The maximum Gasteiger partial charge on any atom is 0.240 e. The number of hydrogen-bond acceptors (Lipinski definition) is 4. The summed E-state index contributed by atoms with van der Waals surface area (Å²) in [4.78, 5) is 25.4. The summed E-state index contributed by atoms with van der Waals surface area (Å²) in [5.74, 6) is -0.127. The third kappa shape index (κ3) is 4.54. The van der Waals surface area contributed by atoms with Gasteiger partial charge in [-0.15, -0.1) is 0 Å². The van der Waals surface area contributed by atoms with Crippen LogP contribution in [0.5, 0.6) is 0 Å². The monoisotopic (exact) mass is 291 g/mol. The molecule has 1 heterocycles. The topological polar surface area (TPSA) is 84.7 Å². The predicted molar refractivity (Wildman–Crippen MR) is 79.8 cm³/mol. The Bertz CT molecular complexity index is 493. The van der Waals surface area contributed by atoms with Crippen LogP contribution >= 0.6 is 0 Å². The number of nitrogens with zero attached hydrogens (tertiary/aromatic N) is 1. The number of benzene rings is 1. The first-order valence-electron chi connectivity index (χ1n) is 7.07. The number of hydrogen-bond donors (Lipinski definition) is 2. The van der Waals surface area contributed by atoms with Gasteiger partial charge in [-0.1, -0.05) is 12.1 Å². The van der Waals surface area contributed by atoms with Gasteiger partial charge < -0.3 is 20.7 Å². The molecule has 1 atom stereocenters. The van der Waals surface area contributed by atoms with Crippen LogP contribution in [-0.2, 0) is 20.7 Å². The maximum atomic E-state index is 12.1. The highest BCUT2D eigenvalue weighted by molar-refractivity contribution is 5.94. The normalized spacial score (nSPS) is 16.4. The SMILES string of the molecule is C[C@@H](N)C(=O)Nc1ccc(CC(=O)N2CCOCC2)cc1. The minimum absolute atomic E-state index is 0.102. The minimum atomic E-state index is -0.549. The second-order valence-electron chi connectivity index (χ2n) is 5.14. The van der Waals surface area contributed by atoms with E-state index < -0.39 is 6.04 Å². The van der Waals surface area contributed by atoms with Crippen molar-refractivity contribution in [1.29, 1.82) is 0 Å². The quantitative estimate of drug-likeness (QED) is 0.839. The Morgan fingerprint density at radius 3 is 2.48 bits per heavy atom.